The van der Waals surface area contributed by atoms with Crippen LogP contribution in [-0.4, -0.2) is 38.9 Å². The number of amides is 2. The minimum Gasteiger partial charge on any atom is -0.345 e. The van der Waals surface area contributed by atoms with Crippen molar-refractivity contribution in [3.8, 4) is 5.82 Å². The van der Waals surface area contributed by atoms with Crippen molar-refractivity contribution in [1.29, 1.82) is 0 Å². The van der Waals surface area contributed by atoms with Crippen LogP contribution in [0, 0.1) is 6.92 Å². The summed E-state index contributed by atoms with van der Waals surface area (Å²) in [5.74, 6) is -1.02. The molecule has 0 radical (unpaired) electrons. The maximum Gasteiger partial charge on any atom is 0.274 e. The number of rotatable bonds is 6. The van der Waals surface area contributed by atoms with E-state index in [0.717, 1.165) is 0 Å². The number of carbonyl (C=O) groups excluding carboxylic acids is 3. The Morgan fingerprint density at radius 1 is 1.13 bits per heavy atom. The maximum atomic E-state index is 13.1. The first-order valence-corrected chi connectivity index (χ1v) is 10.5. The molecule has 0 unspecified atom stereocenters. The predicted octanol–water partition coefficient (Wildman–Crippen LogP) is 4.22. The fourth-order valence-corrected chi connectivity index (χ4v) is 3.46. The first-order chi connectivity index (χ1) is 14.7. The first-order valence-electron chi connectivity index (χ1n) is 8.93. The number of halogens is 3. The Labute approximate surface area is 196 Å². The van der Waals surface area contributed by atoms with Crippen molar-refractivity contribution in [1.82, 2.24) is 20.1 Å². The van der Waals surface area contributed by atoms with Crippen LogP contribution >= 0.6 is 39.1 Å². The number of aromatic nitrogens is 3. The highest BCUT2D eigenvalue weighted by molar-refractivity contribution is 9.10. The Balaban J connectivity index is 2.00. The van der Waals surface area contributed by atoms with Gasteiger partial charge in [-0.2, -0.15) is 5.10 Å². The largest absolute Gasteiger partial charge is 0.345 e. The van der Waals surface area contributed by atoms with Crippen molar-refractivity contribution >= 4 is 62.4 Å². The van der Waals surface area contributed by atoms with Gasteiger partial charge in [0, 0.05) is 17.3 Å². The second-order valence-electron chi connectivity index (χ2n) is 6.51. The van der Waals surface area contributed by atoms with Crippen molar-refractivity contribution in [3.05, 3.63) is 68.0 Å². The molecule has 0 saturated carbocycles. The van der Waals surface area contributed by atoms with Gasteiger partial charge >= 0.3 is 0 Å². The van der Waals surface area contributed by atoms with Crippen LogP contribution in [0.5, 0.6) is 0 Å². The average molecular weight is 525 g/mol. The molecular formula is C20H16BrCl2N5O3. The van der Waals surface area contributed by atoms with Crippen molar-refractivity contribution < 1.29 is 14.4 Å². The second kappa shape index (κ2) is 9.59. The van der Waals surface area contributed by atoms with Crippen molar-refractivity contribution in [2.45, 2.75) is 13.8 Å². The van der Waals surface area contributed by atoms with Crippen LogP contribution in [-0.2, 0) is 4.79 Å². The highest BCUT2D eigenvalue weighted by Gasteiger charge is 2.22. The van der Waals surface area contributed by atoms with E-state index in [1.54, 1.807) is 25.1 Å². The lowest BCUT2D eigenvalue weighted by molar-refractivity contribution is -0.116. The molecule has 2 heterocycles. The van der Waals surface area contributed by atoms with Gasteiger partial charge in [0.2, 0.25) is 0 Å². The van der Waals surface area contributed by atoms with Gasteiger partial charge < -0.3 is 10.6 Å². The van der Waals surface area contributed by atoms with Crippen LogP contribution in [0.3, 0.4) is 0 Å². The SMILES string of the molecule is CC(=O)CNC(=O)c1ccc(Cl)c(C)c1NC(=O)c1cc(Br)nn1-c1ncccc1Cl. The Morgan fingerprint density at radius 2 is 1.87 bits per heavy atom. The van der Waals surface area contributed by atoms with E-state index in [9.17, 15) is 14.4 Å². The molecule has 0 aliphatic heterocycles. The summed E-state index contributed by atoms with van der Waals surface area (Å²) in [5, 5.41) is 10.1. The number of Topliss-reactive ketones (excluding diaryl/α,β-unsaturated/α-hetero) is 1. The molecule has 8 nitrogen and oxygen atoms in total. The van der Waals surface area contributed by atoms with Crippen molar-refractivity contribution in [2.75, 3.05) is 11.9 Å². The summed E-state index contributed by atoms with van der Waals surface area (Å²) in [5.41, 5.74) is 1.00. The molecule has 2 N–H and O–H groups in total. The van der Waals surface area contributed by atoms with E-state index in [2.05, 4.69) is 36.6 Å². The van der Waals surface area contributed by atoms with Gasteiger partial charge in [-0.25, -0.2) is 9.67 Å². The summed E-state index contributed by atoms with van der Waals surface area (Å²) < 4.78 is 1.68. The van der Waals surface area contributed by atoms with E-state index < -0.39 is 11.8 Å². The van der Waals surface area contributed by atoms with E-state index in [4.69, 9.17) is 23.2 Å². The summed E-state index contributed by atoms with van der Waals surface area (Å²) in [6.45, 7) is 2.90. The van der Waals surface area contributed by atoms with Gasteiger partial charge in [-0.1, -0.05) is 23.2 Å². The smallest absolute Gasteiger partial charge is 0.274 e. The Bertz CT molecular complexity index is 1200. The van der Waals surface area contributed by atoms with Gasteiger partial charge in [0.25, 0.3) is 11.8 Å². The molecular weight excluding hydrogens is 509 g/mol. The van der Waals surface area contributed by atoms with Crippen LogP contribution in [0.25, 0.3) is 5.82 Å². The number of ketones is 1. The second-order valence-corrected chi connectivity index (χ2v) is 8.13. The monoisotopic (exact) mass is 523 g/mol. The summed E-state index contributed by atoms with van der Waals surface area (Å²) in [4.78, 5) is 41.1. The van der Waals surface area contributed by atoms with Crippen LogP contribution in [0.2, 0.25) is 10.0 Å². The first kappa shape index (κ1) is 22.9. The van der Waals surface area contributed by atoms with Crippen molar-refractivity contribution in [2.24, 2.45) is 0 Å². The van der Waals surface area contributed by atoms with E-state index in [-0.39, 0.29) is 35.1 Å². The molecule has 1 aromatic carbocycles. The third kappa shape index (κ3) is 5.12. The molecule has 31 heavy (non-hydrogen) atoms. The lowest BCUT2D eigenvalue weighted by Crippen LogP contribution is -2.29. The van der Waals surface area contributed by atoms with Gasteiger partial charge in [0.05, 0.1) is 22.8 Å². The molecule has 0 bridgehead atoms. The number of pyridine rings is 1. The van der Waals surface area contributed by atoms with Crippen LogP contribution in [0.4, 0.5) is 5.69 Å². The van der Waals surface area contributed by atoms with E-state index in [1.807, 2.05) is 0 Å². The van der Waals surface area contributed by atoms with Gasteiger partial charge in [-0.05, 0) is 59.6 Å². The number of hydrogen-bond acceptors (Lipinski definition) is 5. The number of anilines is 1. The van der Waals surface area contributed by atoms with E-state index in [0.29, 0.717) is 20.2 Å². The van der Waals surface area contributed by atoms with Crippen LogP contribution < -0.4 is 10.6 Å². The lowest BCUT2D eigenvalue weighted by Gasteiger charge is -2.15. The molecule has 0 fully saturated rings. The average Bonchev–Trinajstić information content (AvgIpc) is 3.11. The molecule has 3 rings (SSSR count). The molecule has 2 amide bonds. The molecule has 0 aliphatic rings. The third-order valence-electron chi connectivity index (χ3n) is 4.23. The number of benzene rings is 1. The summed E-state index contributed by atoms with van der Waals surface area (Å²) in [6.07, 6.45) is 1.52. The molecule has 11 heteroatoms. The minimum atomic E-state index is -0.564. The number of hydrogen-bond donors (Lipinski definition) is 2. The van der Waals surface area contributed by atoms with Crippen LogP contribution in [0.1, 0.15) is 33.3 Å². The molecule has 2 aromatic heterocycles. The lowest BCUT2D eigenvalue weighted by atomic mass is 10.1. The summed E-state index contributed by atoms with van der Waals surface area (Å²) in [6, 6.07) is 7.80. The normalized spacial score (nSPS) is 10.6. The fraction of sp³-hybridized carbons (Fsp3) is 0.150. The third-order valence-corrected chi connectivity index (χ3v) is 5.32. The molecule has 0 spiro atoms. The number of nitrogens with zero attached hydrogens (tertiary/aromatic N) is 3. The zero-order chi connectivity index (χ0) is 22.7. The Morgan fingerprint density at radius 3 is 2.55 bits per heavy atom. The summed E-state index contributed by atoms with van der Waals surface area (Å²) in [7, 11) is 0. The minimum absolute atomic E-state index is 0.127. The zero-order valence-electron chi connectivity index (χ0n) is 16.4. The number of carbonyl (C=O) groups is 3. The van der Waals surface area contributed by atoms with Crippen LogP contribution in [0.15, 0.2) is 41.1 Å². The molecule has 160 valence electrons. The molecule has 0 saturated heterocycles. The van der Waals surface area contributed by atoms with E-state index >= 15 is 0 Å². The highest BCUT2D eigenvalue weighted by atomic mass is 79.9. The van der Waals surface area contributed by atoms with Crippen molar-refractivity contribution in [3.63, 3.8) is 0 Å². The van der Waals surface area contributed by atoms with Gasteiger partial charge in [0.1, 0.15) is 16.1 Å². The van der Waals surface area contributed by atoms with Gasteiger partial charge in [-0.3, -0.25) is 14.4 Å². The van der Waals surface area contributed by atoms with E-state index in [1.165, 1.54) is 29.9 Å². The molecule has 0 atom stereocenters. The number of nitrogens with one attached hydrogen (secondary N) is 2. The standard InChI is InChI=1S/C20H16BrCl2N5O3/c1-10(29)9-25-19(30)12-5-6-13(22)11(2)17(12)26-20(31)15-8-16(21)27-28(15)18-14(23)4-3-7-24-18/h3-8H,9H2,1-2H3,(H,25,30)(H,26,31). The quantitative estimate of drug-likeness (QED) is 0.502. The molecule has 0 aliphatic carbocycles. The van der Waals surface area contributed by atoms with Gasteiger partial charge in [0.15, 0.2) is 5.82 Å². The zero-order valence-corrected chi connectivity index (χ0v) is 19.5. The topological polar surface area (TPSA) is 106 Å². The maximum absolute atomic E-state index is 13.1. The Kier molecular flexibility index (Phi) is 7.09. The predicted molar refractivity (Wildman–Crippen MR) is 121 cm³/mol. The molecule has 3 aromatic rings. The highest BCUT2D eigenvalue weighted by Crippen LogP contribution is 2.29. The summed E-state index contributed by atoms with van der Waals surface area (Å²) >= 11 is 15.7. The van der Waals surface area contributed by atoms with Gasteiger partial charge in [-0.15, -0.1) is 0 Å². The Hall–Kier alpha value is -2.75. The fourth-order valence-electron chi connectivity index (χ4n) is 2.72.